The van der Waals surface area contributed by atoms with Crippen LogP contribution in [-0.4, -0.2) is 50.5 Å². The summed E-state index contributed by atoms with van der Waals surface area (Å²) in [5, 5.41) is 9.71. The van der Waals surface area contributed by atoms with E-state index in [0.29, 0.717) is 0 Å². The van der Waals surface area contributed by atoms with E-state index in [0.717, 1.165) is 5.56 Å². The molecule has 21 heavy (non-hydrogen) atoms. The Labute approximate surface area is 121 Å². The van der Waals surface area contributed by atoms with E-state index in [-0.39, 0.29) is 11.5 Å². The molecule has 3 rings (SSSR count). The molecule has 2 saturated heterocycles. The van der Waals surface area contributed by atoms with Crippen LogP contribution in [0.25, 0.3) is 0 Å². The van der Waals surface area contributed by atoms with Gasteiger partial charge in [-0.3, -0.25) is 4.79 Å². The number of ketones is 1. The number of fused-ring (bicyclic) bond motifs is 2. The van der Waals surface area contributed by atoms with E-state index in [1.54, 1.807) is 12.1 Å². The Morgan fingerprint density at radius 2 is 1.95 bits per heavy atom. The summed E-state index contributed by atoms with van der Waals surface area (Å²) in [5.41, 5.74) is 0.892. The molecule has 2 fully saturated rings. The van der Waals surface area contributed by atoms with Gasteiger partial charge in [-0.25, -0.2) is 4.18 Å². The van der Waals surface area contributed by atoms with Gasteiger partial charge in [-0.05, 0) is 19.1 Å². The zero-order chi connectivity index (χ0) is 15.2. The fourth-order valence-electron chi connectivity index (χ4n) is 2.24. The number of carbonyl (C=O) groups excluding carboxylic acids is 1. The molecule has 8 heteroatoms. The number of aliphatic hydroxyl groups excluding tert-OH is 1. The third-order valence-electron chi connectivity index (χ3n) is 3.44. The minimum absolute atomic E-state index is 0.0298. The first-order valence-electron chi connectivity index (χ1n) is 6.37. The van der Waals surface area contributed by atoms with Crippen molar-refractivity contribution in [3.05, 3.63) is 29.8 Å². The Morgan fingerprint density at radius 1 is 1.29 bits per heavy atom. The van der Waals surface area contributed by atoms with E-state index in [2.05, 4.69) is 0 Å². The molecule has 7 nitrogen and oxygen atoms in total. The molecule has 0 aromatic heterocycles. The van der Waals surface area contributed by atoms with Crippen LogP contribution in [0.3, 0.4) is 0 Å². The summed E-state index contributed by atoms with van der Waals surface area (Å²) in [6.45, 7) is 1.85. The first-order valence-corrected chi connectivity index (χ1v) is 7.78. The zero-order valence-corrected chi connectivity index (χ0v) is 11.9. The van der Waals surface area contributed by atoms with E-state index in [4.69, 9.17) is 13.7 Å². The molecule has 0 amide bonds. The smallest absolute Gasteiger partial charge is 0.297 e. The van der Waals surface area contributed by atoms with E-state index in [1.165, 1.54) is 12.1 Å². The predicted molar refractivity (Wildman–Crippen MR) is 68.9 cm³/mol. The molecule has 2 heterocycles. The van der Waals surface area contributed by atoms with Crippen molar-refractivity contribution in [2.24, 2.45) is 0 Å². The molecule has 2 aliphatic heterocycles. The van der Waals surface area contributed by atoms with Crippen LogP contribution >= 0.6 is 0 Å². The van der Waals surface area contributed by atoms with Crippen LogP contribution in [0.1, 0.15) is 5.56 Å². The van der Waals surface area contributed by atoms with Crippen LogP contribution in [0.4, 0.5) is 0 Å². The highest BCUT2D eigenvalue weighted by atomic mass is 32.2. The fraction of sp³-hybridized carbons (Fsp3) is 0.462. The number of rotatable bonds is 3. The molecule has 0 spiro atoms. The van der Waals surface area contributed by atoms with Crippen molar-refractivity contribution in [2.45, 2.75) is 36.4 Å². The maximum Gasteiger partial charge on any atom is 0.297 e. The molecule has 2 aliphatic rings. The quantitative estimate of drug-likeness (QED) is 0.768. The van der Waals surface area contributed by atoms with Gasteiger partial charge in [-0.15, -0.1) is 0 Å². The SMILES string of the molecule is Cc1ccc(S(=O)(=O)O[C@@H]2C(=O)[C@H](O)[C@H]3CO[C@@H]2O3)cc1. The van der Waals surface area contributed by atoms with Crippen LogP contribution in [0.15, 0.2) is 29.2 Å². The summed E-state index contributed by atoms with van der Waals surface area (Å²) in [6, 6.07) is 6.00. The van der Waals surface area contributed by atoms with Crippen molar-refractivity contribution in [2.75, 3.05) is 6.61 Å². The highest BCUT2D eigenvalue weighted by Crippen LogP contribution is 2.29. The van der Waals surface area contributed by atoms with Gasteiger partial charge in [0.2, 0.25) is 0 Å². The summed E-state index contributed by atoms with van der Waals surface area (Å²) in [6.07, 6.45) is -4.80. The number of hydrogen-bond acceptors (Lipinski definition) is 7. The van der Waals surface area contributed by atoms with Gasteiger partial charge in [-0.2, -0.15) is 8.42 Å². The van der Waals surface area contributed by atoms with E-state index in [1.807, 2.05) is 6.92 Å². The first kappa shape index (κ1) is 14.6. The van der Waals surface area contributed by atoms with Crippen molar-refractivity contribution in [1.82, 2.24) is 0 Å². The minimum Gasteiger partial charge on any atom is -0.382 e. The number of ether oxygens (including phenoxy) is 2. The highest BCUT2D eigenvalue weighted by molar-refractivity contribution is 7.86. The summed E-state index contributed by atoms with van der Waals surface area (Å²) in [5.74, 6) is -0.746. The maximum absolute atomic E-state index is 12.2. The number of hydrogen-bond donors (Lipinski definition) is 1. The van der Waals surface area contributed by atoms with Gasteiger partial charge in [0.1, 0.15) is 12.2 Å². The molecule has 1 aromatic rings. The zero-order valence-electron chi connectivity index (χ0n) is 11.1. The van der Waals surface area contributed by atoms with Crippen LogP contribution in [0.5, 0.6) is 0 Å². The van der Waals surface area contributed by atoms with Crippen molar-refractivity contribution >= 4 is 15.9 Å². The Balaban J connectivity index is 1.85. The second-order valence-electron chi connectivity index (χ2n) is 5.01. The number of carbonyl (C=O) groups is 1. The molecule has 0 unspecified atom stereocenters. The van der Waals surface area contributed by atoms with Crippen molar-refractivity contribution in [3.63, 3.8) is 0 Å². The number of aliphatic hydroxyl groups is 1. The number of Topliss-reactive ketones (excluding diaryl/α,β-unsaturated/α-hetero) is 1. The van der Waals surface area contributed by atoms with Crippen molar-refractivity contribution < 1.29 is 32.0 Å². The minimum atomic E-state index is -4.15. The normalized spacial score (nSPS) is 32.4. The molecule has 1 aromatic carbocycles. The standard InChI is InChI=1S/C13H14O7S/c1-7-2-4-8(5-3-7)21(16,17)20-12-11(15)10(14)9-6-18-13(12)19-9/h2-5,9-10,12-14H,6H2,1H3/t9-,10-,12-,13-/m1/s1. The molecule has 1 N–H and O–H groups in total. The van der Waals surface area contributed by atoms with E-state index >= 15 is 0 Å². The molecule has 0 aliphatic carbocycles. The Kier molecular flexibility index (Phi) is 3.58. The molecule has 4 atom stereocenters. The Hall–Kier alpha value is -1.32. The lowest BCUT2D eigenvalue weighted by molar-refractivity contribution is -0.183. The van der Waals surface area contributed by atoms with Crippen molar-refractivity contribution in [3.8, 4) is 0 Å². The van der Waals surface area contributed by atoms with Crippen LogP contribution in [0.2, 0.25) is 0 Å². The lowest BCUT2D eigenvalue weighted by atomic mass is 10.0. The third-order valence-corrected chi connectivity index (χ3v) is 4.76. The second-order valence-corrected chi connectivity index (χ2v) is 6.58. The van der Waals surface area contributed by atoms with Crippen LogP contribution in [0, 0.1) is 6.92 Å². The lowest BCUT2D eigenvalue weighted by Crippen LogP contribution is -2.52. The van der Waals surface area contributed by atoms with Crippen LogP contribution in [-0.2, 0) is 28.6 Å². The number of benzene rings is 1. The van der Waals surface area contributed by atoms with E-state index in [9.17, 15) is 18.3 Å². The maximum atomic E-state index is 12.2. The molecular formula is C13H14O7S. The van der Waals surface area contributed by atoms with Gasteiger partial charge in [0.15, 0.2) is 18.2 Å². The summed E-state index contributed by atoms with van der Waals surface area (Å²) < 4.78 is 39.6. The Bertz CT molecular complexity index is 652. The summed E-state index contributed by atoms with van der Waals surface area (Å²) in [4.78, 5) is 11.9. The van der Waals surface area contributed by atoms with Gasteiger partial charge in [0.25, 0.3) is 10.1 Å². The van der Waals surface area contributed by atoms with Gasteiger partial charge >= 0.3 is 0 Å². The molecule has 2 bridgehead atoms. The average molecular weight is 314 g/mol. The predicted octanol–water partition coefficient (Wildman–Crippen LogP) is -0.246. The monoisotopic (exact) mass is 314 g/mol. The molecule has 0 radical (unpaired) electrons. The van der Waals surface area contributed by atoms with Gasteiger partial charge in [0.05, 0.1) is 11.5 Å². The van der Waals surface area contributed by atoms with Crippen LogP contribution < -0.4 is 0 Å². The third kappa shape index (κ3) is 2.60. The summed E-state index contributed by atoms with van der Waals surface area (Å²) >= 11 is 0. The average Bonchev–Trinajstić information content (AvgIpc) is 2.89. The number of aryl methyl sites for hydroxylation is 1. The largest absolute Gasteiger partial charge is 0.382 e. The summed E-state index contributed by atoms with van der Waals surface area (Å²) in [7, 11) is -4.15. The van der Waals surface area contributed by atoms with Gasteiger partial charge in [-0.1, -0.05) is 17.7 Å². The van der Waals surface area contributed by atoms with Gasteiger partial charge in [0, 0.05) is 0 Å². The molecule has 114 valence electrons. The van der Waals surface area contributed by atoms with Crippen molar-refractivity contribution in [1.29, 1.82) is 0 Å². The lowest BCUT2D eigenvalue weighted by Gasteiger charge is -2.28. The first-order chi connectivity index (χ1) is 9.88. The van der Waals surface area contributed by atoms with Gasteiger partial charge < -0.3 is 14.6 Å². The molecule has 0 saturated carbocycles. The molecular weight excluding hydrogens is 300 g/mol. The Morgan fingerprint density at radius 3 is 2.62 bits per heavy atom. The second kappa shape index (κ2) is 5.15. The van der Waals surface area contributed by atoms with E-state index < -0.39 is 40.5 Å². The topological polar surface area (TPSA) is 99.1 Å². The fourth-order valence-corrected chi connectivity index (χ4v) is 3.28. The highest BCUT2D eigenvalue weighted by Gasteiger charge is 2.52.